The van der Waals surface area contributed by atoms with E-state index in [-0.39, 0.29) is 30.2 Å². The minimum absolute atomic E-state index is 0.113. The number of rotatable bonds is 10. The number of hydrogen-bond acceptors (Lipinski definition) is 4. The monoisotopic (exact) mass is 516 g/mol. The average Bonchev–Trinajstić information content (AvgIpc) is 2.88. The third-order valence-electron chi connectivity index (χ3n) is 6.84. The molecule has 6 nitrogen and oxygen atoms in total. The first-order chi connectivity index (χ1) is 18.1. The number of ether oxygens (including phenoxy) is 2. The summed E-state index contributed by atoms with van der Waals surface area (Å²) in [5, 5.41) is 3.16. The Morgan fingerprint density at radius 1 is 0.816 bits per heavy atom. The maximum atomic E-state index is 13.6. The van der Waals surface area contributed by atoms with Crippen molar-refractivity contribution in [1.29, 1.82) is 0 Å². The van der Waals surface area contributed by atoms with E-state index in [9.17, 15) is 9.59 Å². The summed E-state index contributed by atoms with van der Waals surface area (Å²) < 4.78 is 11.0. The second-order valence-corrected chi connectivity index (χ2v) is 10.2. The topological polar surface area (TPSA) is 67.9 Å². The molecule has 3 aromatic rings. The van der Waals surface area contributed by atoms with E-state index in [0.29, 0.717) is 11.5 Å². The van der Waals surface area contributed by atoms with E-state index < -0.39 is 6.04 Å². The van der Waals surface area contributed by atoms with Crippen LogP contribution in [0.4, 0.5) is 5.69 Å². The van der Waals surface area contributed by atoms with Crippen LogP contribution in [-0.2, 0) is 9.59 Å². The molecule has 202 valence electrons. The highest BCUT2D eigenvalue weighted by Gasteiger charge is 2.29. The van der Waals surface area contributed by atoms with Crippen LogP contribution in [-0.4, -0.2) is 37.5 Å². The van der Waals surface area contributed by atoms with Crippen molar-refractivity contribution in [3.63, 3.8) is 0 Å². The molecule has 0 aliphatic rings. The largest absolute Gasteiger partial charge is 0.497 e. The number of aryl methyl sites for hydroxylation is 1. The van der Waals surface area contributed by atoms with Gasteiger partial charge in [0.1, 0.15) is 18.0 Å². The van der Waals surface area contributed by atoms with Crippen LogP contribution in [0, 0.1) is 6.92 Å². The Kier molecular flexibility index (Phi) is 9.56. The highest BCUT2D eigenvalue weighted by molar-refractivity contribution is 5.96. The van der Waals surface area contributed by atoms with E-state index in [2.05, 4.69) is 33.0 Å². The van der Waals surface area contributed by atoms with E-state index in [1.807, 2.05) is 61.5 Å². The van der Waals surface area contributed by atoms with Crippen molar-refractivity contribution in [2.45, 2.75) is 59.4 Å². The highest BCUT2D eigenvalue weighted by Crippen LogP contribution is 2.36. The third kappa shape index (κ3) is 6.55. The van der Waals surface area contributed by atoms with Crippen LogP contribution in [0.1, 0.15) is 80.3 Å². The van der Waals surface area contributed by atoms with Gasteiger partial charge in [-0.15, -0.1) is 0 Å². The first-order valence-electron chi connectivity index (χ1n) is 13.1. The molecule has 1 unspecified atom stereocenters. The summed E-state index contributed by atoms with van der Waals surface area (Å²) in [5.74, 6) is 1.23. The smallest absolute Gasteiger partial charge is 0.244 e. The molecule has 0 aromatic heterocycles. The van der Waals surface area contributed by atoms with Crippen LogP contribution in [0.2, 0.25) is 0 Å². The van der Waals surface area contributed by atoms with E-state index in [0.717, 1.165) is 33.5 Å². The standard InChI is InChI=1S/C32H40N2O4/c1-20(2)27-14-11-15-28(21(3)4)31(27)33-30(36)19-34(23(6)35)32(29-13-10-9-12-22(29)5)24-16-25(37-7)18-26(17-24)38-8/h9-18,20-21,32H,19H2,1-8H3,(H,33,36). The first kappa shape index (κ1) is 28.8. The summed E-state index contributed by atoms with van der Waals surface area (Å²) in [6.07, 6.45) is 0. The molecule has 3 aromatic carbocycles. The maximum absolute atomic E-state index is 13.6. The molecule has 0 saturated carbocycles. The van der Waals surface area contributed by atoms with Gasteiger partial charge in [0.05, 0.1) is 20.3 Å². The van der Waals surface area contributed by atoms with E-state index >= 15 is 0 Å². The van der Waals surface area contributed by atoms with Gasteiger partial charge < -0.3 is 19.7 Å². The molecule has 2 amide bonds. The maximum Gasteiger partial charge on any atom is 0.244 e. The molecule has 0 aliphatic heterocycles. The normalized spacial score (nSPS) is 11.8. The van der Waals surface area contributed by atoms with Crippen LogP contribution >= 0.6 is 0 Å². The third-order valence-corrected chi connectivity index (χ3v) is 6.84. The van der Waals surface area contributed by atoms with Gasteiger partial charge in [-0.1, -0.05) is 70.2 Å². The number of carbonyl (C=O) groups excluding carboxylic acids is 2. The number of anilines is 1. The Hall–Kier alpha value is -3.80. The molecule has 0 aliphatic carbocycles. The summed E-state index contributed by atoms with van der Waals surface area (Å²) in [6.45, 7) is 11.8. The van der Waals surface area contributed by atoms with Crippen molar-refractivity contribution in [2.24, 2.45) is 0 Å². The summed E-state index contributed by atoms with van der Waals surface area (Å²) in [7, 11) is 3.19. The Balaban J connectivity index is 2.08. The van der Waals surface area contributed by atoms with Crippen LogP contribution in [0.25, 0.3) is 0 Å². The van der Waals surface area contributed by atoms with Gasteiger partial charge in [-0.2, -0.15) is 0 Å². The summed E-state index contributed by atoms with van der Waals surface area (Å²) in [4.78, 5) is 28.4. The molecular formula is C32H40N2O4. The molecule has 0 saturated heterocycles. The fourth-order valence-electron chi connectivity index (χ4n) is 4.82. The van der Waals surface area contributed by atoms with Crippen molar-refractivity contribution in [3.05, 3.63) is 88.5 Å². The SMILES string of the molecule is COc1cc(OC)cc(C(c2ccccc2C)N(CC(=O)Nc2c(C(C)C)cccc2C(C)C)C(C)=O)c1. The molecule has 0 radical (unpaired) electrons. The zero-order chi connectivity index (χ0) is 28.0. The van der Waals surface area contributed by atoms with E-state index in [1.54, 1.807) is 25.2 Å². The van der Waals surface area contributed by atoms with Crippen molar-refractivity contribution < 1.29 is 19.1 Å². The van der Waals surface area contributed by atoms with Gasteiger partial charge >= 0.3 is 0 Å². The van der Waals surface area contributed by atoms with Crippen LogP contribution in [0.15, 0.2) is 60.7 Å². The van der Waals surface area contributed by atoms with Gasteiger partial charge in [0, 0.05) is 18.7 Å². The number of nitrogens with one attached hydrogen (secondary N) is 1. The lowest BCUT2D eigenvalue weighted by atomic mass is 9.92. The van der Waals surface area contributed by atoms with Crippen molar-refractivity contribution >= 4 is 17.5 Å². The van der Waals surface area contributed by atoms with Gasteiger partial charge in [0.2, 0.25) is 11.8 Å². The van der Waals surface area contributed by atoms with Gasteiger partial charge in [-0.25, -0.2) is 0 Å². The lowest BCUT2D eigenvalue weighted by Gasteiger charge is -2.33. The number of benzene rings is 3. The lowest BCUT2D eigenvalue weighted by molar-refractivity contribution is -0.134. The molecule has 6 heteroatoms. The molecule has 3 rings (SSSR count). The fourth-order valence-corrected chi connectivity index (χ4v) is 4.82. The number of para-hydroxylation sites is 1. The van der Waals surface area contributed by atoms with Crippen LogP contribution in [0.5, 0.6) is 11.5 Å². The first-order valence-corrected chi connectivity index (χ1v) is 13.1. The van der Waals surface area contributed by atoms with E-state index in [4.69, 9.17) is 9.47 Å². The predicted molar refractivity (Wildman–Crippen MR) is 153 cm³/mol. The lowest BCUT2D eigenvalue weighted by Crippen LogP contribution is -2.40. The van der Waals surface area contributed by atoms with Crippen LogP contribution in [0.3, 0.4) is 0 Å². The predicted octanol–water partition coefficient (Wildman–Crippen LogP) is 6.84. The summed E-state index contributed by atoms with van der Waals surface area (Å²) in [6, 6.07) is 19.1. The van der Waals surface area contributed by atoms with Crippen molar-refractivity contribution in [3.8, 4) is 11.5 Å². The number of nitrogens with zero attached hydrogens (tertiary/aromatic N) is 1. The number of hydrogen-bond donors (Lipinski definition) is 1. The quantitative estimate of drug-likeness (QED) is 0.320. The molecule has 1 N–H and O–H groups in total. The van der Waals surface area contributed by atoms with Gasteiger partial charge in [-0.3, -0.25) is 9.59 Å². The Morgan fingerprint density at radius 3 is 1.82 bits per heavy atom. The molecule has 0 heterocycles. The minimum atomic E-state index is -0.520. The fraction of sp³-hybridized carbons (Fsp3) is 0.375. The van der Waals surface area contributed by atoms with Crippen molar-refractivity contribution in [2.75, 3.05) is 26.1 Å². The molecule has 38 heavy (non-hydrogen) atoms. The zero-order valence-electron chi connectivity index (χ0n) is 23.8. The van der Waals surface area contributed by atoms with Gasteiger partial charge in [0.15, 0.2) is 0 Å². The Bertz CT molecular complexity index is 1230. The molecule has 1 atom stereocenters. The number of amides is 2. The molecule has 0 bridgehead atoms. The van der Waals surface area contributed by atoms with E-state index in [1.165, 1.54) is 6.92 Å². The number of methoxy groups -OCH3 is 2. The van der Waals surface area contributed by atoms with Gasteiger partial charge in [0.25, 0.3) is 0 Å². The molecular weight excluding hydrogens is 476 g/mol. The second kappa shape index (κ2) is 12.6. The number of carbonyl (C=O) groups is 2. The van der Waals surface area contributed by atoms with Crippen LogP contribution < -0.4 is 14.8 Å². The molecule has 0 spiro atoms. The van der Waals surface area contributed by atoms with Crippen molar-refractivity contribution in [1.82, 2.24) is 4.90 Å². The Labute approximate surface area is 227 Å². The average molecular weight is 517 g/mol. The molecule has 0 fully saturated rings. The summed E-state index contributed by atoms with van der Waals surface area (Å²) in [5.41, 5.74) is 5.72. The second-order valence-electron chi connectivity index (χ2n) is 10.2. The Morgan fingerprint density at radius 2 is 1.34 bits per heavy atom. The minimum Gasteiger partial charge on any atom is -0.497 e. The highest BCUT2D eigenvalue weighted by atomic mass is 16.5. The zero-order valence-corrected chi connectivity index (χ0v) is 23.8. The van der Waals surface area contributed by atoms with Gasteiger partial charge in [-0.05, 0) is 58.7 Å². The summed E-state index contributed by atoms with van der Waals surface area (Å²) >= 11 is 0.